The van der Waals surface area contributed by atoms with Gasteiger partial charge in [0.15, 0.2) is 0 Å². The molecule has 0 aliphatic heterocycles. The lowest BCUT2D eigenvalue weighted by Crippen LogP contribution is -2.26. The molecule has 0 fully saturated rings. The fraction of sp³-hybridized carbons (Fsp3) is 0.429. The Balaban J connectivity index is 2.35. The van der Waals surface area contributed by atoms with Crippen LogP contribution in [0.3, 0.4) is 0 Å². The number of nitrogens with zero attached hydrogens (tertiary/aromatic N) is 2. The number of hydrogen-bond donors (Lipinski definition) is 2. The van der Waals surface area contributed by atoms with Crippen molar-refractivity contribution in [3.8, 4) is 0 Å². The van der Waals surface area contributed by atoms with Gasteiger partial charge < -0.3 is 9.40 Å². The topological polar surface area (TPSA) is 82.2 Å². The fourth-order valence-corrected chi connectivity index (χ4v) is 0.969. The first kappa shape index (κ1) is 9.69. The molecule has 0 bridgehead atoms. The summed E-state index contributed by atoms with van der Waals surface area (Å²) in [5.74, 6) is 5.27. The standard InChI is InChI=1S/C7H12N4O2/c1-6-9-3-5-11(6)4-2-7(12)13-10-8/h3,5,10H,2,4,8H2,1H3. The molecule has 3 N–H and O–H groups in total. The van der Waals surface area contributed by atoms with Crippen molar-refractivity contribution >= 4 is 5.97 Å². The number of aryl methyl sites for hydroxylation is 2. The van der Waals surface area contributed by atoms with Crippen LogP contribution in [0.25, 0.3) is 0 Å². The van der Waals surface area contributed by atoms with Crippen molar-refractivity contribution in [1.82, 2.24) is 15.1 Å². The normalized spacial score (nSPS) is 10.0. The number of carbonyl (C=O) groups is 1. The number of hydrazine groups is 1. The lowest BCUT2D eigenvalue weighted by Gasteiger charge is -2.03. The fourth-order valence-electron chi connectivity index (χ4n) is 0.969. The smallest absolute Gasteiger partial charge is 0.328 e. The van der Waals surface area contributed by atoms with Crippen LogP contribution in [0.2, 0.25) is 0 Å². The first-order valence-electron chi connectivity index (χ1n) is 3.87. The average Bonchev–Trinajstić information content (AvgIpc) is 2.48. The Kier molecular flexibility index (Phi) is 3.41. The zero-order valence-electron chi connectivity index (χ0n) is 7.36. The second-order valence-electron chi connectivity index (χ2n) is 2.51. The summed E-state index contributed by atoms with van der Waals surface area (Å²) in [6, 6.07) is 0. The van der Waals surface area contributed by atoms with Crippen molar-refractivity contribution < 1.29 is 9.63 Å². The molecule has 0 radical (unpaired) electrons. The molecule has 0 amide bonds. The van der Waals surface area contributed by atoms with E-state index in [4.69, 9.17) is 5.84 Å². The van der Waals surface area contributed by atoms with Gasteiger partial charge in [-0.25, -0.2) is 10.8 Å². The molecule has 0 atom stereocenters. The van der Waals surface area contributed by atoms with E-state index in [1.165, 1.54) is 0 Å². The van der Waals surface area contributed by atoms with Gasteiger partial charge in [-0.15, -0.1) is 0 Å². The lowest BCUT2D eigenvalue weighted by atomic mass is 10.4. The van der Waals surface area contributed by atoms with E-state index < -0.39 is 5.97 Å². The molecule has 1 aromatic rings. The first-order chi connectivity index (χ1) is 6.24. The van der Waals surface area contributed by atoms with Crippen LogP contribution in [0.1, 0.15) is 12.2 Å². The summed E-state index contributed by atoms with van der Waals surface area (Å²) >= 11 is 0. The first-order valence-corrected chi connectivity index (χ1v) is 3.87. The van der Waals surface area contributed by atoms with E-state index in [-0.39, 0.29) is 6.42 Å². The number of carbonyl (C=O) groups excluding carboxylic acids is 1. The SMILES string of the molecule is Cc1nccn1CCC(=O)ONN. The number of hydrogen-bond acceptors (Lipinski definition) is 5. The van der Waals surface area contributed by atoms with Gasteiger partial charge in [0.25, 0.3) is 0 Å². The van der Waals surface area contributed by atoms with Crippen molar-refractivity contribution in [3.63, 3.8) is 0 Å². The van der Waals surface area contributed by atoms with Crippen LogP contribution >= 0.6 is 0 Å². The second-order valence-corrected chi connectivity index (χ2v) is 2.51. The molecule has 0 saturated carbocycles. The van der Waals surface area contributed by atoms with E-state index in [1.807, 2.05) is 17.1 Å². The van der Waals surface area contributed by atoms with Crippen molar-refractivity contribution in [1.29, 1.82) is 0 Å². The zero-order chi connectivity index (χ0) is 9.68. The van der Waals surface area contributed by atoms with E-state index in [0.717, 1.165) is 5.82 Å². The van der Waals surface area contributed by atoms with Crippen molar-refractivity contribution in [2.75, 3.05) is 0 Å². The Labute approximate surface area is 75.6 Å². The largest absolute Gasteiger partial charge is 0.356 e. The van der Waals surface area contributed by atoms with Crippen molar-refractivity contribution in [3.05, 3.63) is 18.2 Å². The maximum Gasteiger partial charge on any atom is 0.328 e. The summed E-state index contributed by atoms with van der Waals surface area (Å²) in [7, 11) is 0. The minimum atomic E-state index is -0.393. The summed E-state index contributed by atoms with van der Waals surface area (Å²) < 4.78 is 1.86. The lowest BCUT2D eigenvalue weighted by molar-refractivity contribution is -0.151. The number of imidazole rings is 1. The average molecular weight is 184 g/mol. The highest BCUT2D eigenvalue weighted by molar-refractivity contribution is 5.68. The summed E-state index contributed by atoms with van der Waals surface area (Å²) in [4.78, 5) is 19.2. The number of rotatable bonds is 4. The molecule has 13 heavy (non-hydrogen) atoms. The van der Waals surface area contributed by atoms with Crippen LogP contribution in [-0.4, -0.2) is 15.5 Å². The number of nitrogens with one attached hydrogen (secondary N) is 1. The molecule has 6 heteroatoms. The summed E-state index contributed by atoms with van der Waals surface area (Å²) in [6.45, 7) is 2.42. The quantitative estimate of drug-likeness (QED) is 0.487. The molecule has 0 unspecified atom stereocenters. The van der Waals surface area contributed by atoms with E-state index in [2.05, 4.69) is 9.82 Å². The van der Waals surface area contributed by atoms with Gasteiger partial charge in [0.2, 0.25) is 0 Å². The predicted molar refractivity (Wildman–Crippen MR) is 45.0 cm³/mol. The van der Waals surface area contributed by atoms with Crippen LogP contribution in [0.5, 0.6) is 0 Å². The molecule has 72 valence electrons. The molecule has 0 spiro atoms. The van der Waals surface area contributed by atoms with Gasteiger partial charge in [-0.3, -0.25) is 4.79 Å². The molecular weight excluding hydrogens is 172 g/mol. The van der Waals surface area contributed by atoms with E-state index in [0.29, 0.717) is 6.54 Å². The summed E-state index contributed by atoms with van der Waals surface area (Å²) in [5.41, 5.74) is 1.84. The maximum atomic E-state index is 10.9. The summed E-state index contributed by atoms with van der Waals surface area (Å²) in [6.07, 6.45) is 3.75. The van der Waals surface area contributed by atoms with E-state index in [1.54, 1.807) is 12.4 Å². The minimum Gasteiger partial charge on any atom is -0.356 e. The van der Waals surface area contributed by atoms with Crippen LogP contribution in [0.15, 0.2) is 12.4 Å². The van der Waals surface area contributed by atoms with Gasteiger partial charge in [-0.2, -0.15) is 0 Å². The Bertz CT molecular complexity index is 284. The Morgan fingerprint density at radius 2 is 2.62 bits per heavy atom. The van der Waals surface area contributed by atoms with Gasteiger partial charge >= 0.3 is 5.97 Å². The van der Waals surface area contributed by atoms with Crippen LogP contribution in [0, 0.1) is 6.92 Å². The molecule has 0 aliphatic rings. The van der Waals surface area contributed by atoms with Crippen LogP contribution in [0.4, 0.5) is 0 Å². The monoisotopic (exact) mass is 184 g/mol. The Morgan fingerprint density at radius 1 is 1.85 bits per heavy atom. The Hall–Kier alpha value is -1.40. The number of nitrogens with two attached hydrogens (primary N) is 1. The van der Waals surface area contributed by atoms with Crippen LogP contribution in [-0.2, 0) is 16.2 Å². The third kappa shape index (κ3) is 2.85. The molecule has 0 aliphatic carbocycles. The molecule has 1 rings (SSSR count). The Morgan fingerprint density at radius 3 is 3.15 bits per heavy atom. The highest BCUT2D eigenvalue weighted by Crippen LogP contribution is 1.97. The van der Waals surface area contributed by atoms with Gasteiger partial charge in [-0.05, 0) is 6.92 Å². The molecule has 0 aromatic carbocycles. The van der Waals surface area contributed by atoms with Gasteiger partial charge in [-0.1, -0.05) is 5.59 Å². The van der Waals surface area contributed by atoms with E-state index in [9.17, 15) is 4.79 Å². The van der Waals surface area contributed by atoms with Gasteiger partial charge in [0.1, 0.15) is 5.82 Å². The molecule has 1 heterocycles. The predicted octanol–water partition coefficient (Wildman–Crippen LogP) is -0.497. The third-order valence-electron chi connectivity index (χ3n) is 1.65. The highest BCUT2D eigenvalue weighted by Gasteiger charge is 2.03. The highest BCUT2D eigenvalue weighted by atomic mass is 16.7. The third-order valence-corrected chi connectivity index (χ3v) is 1.65. The number of aromatic nitrogens is 2. The van der Waals surface area contributed by atoms with Gasteiger partial charge in [0, 0.05) is 18.9 Å². The molecule has 6 nitrogen and oxygen atoms in total. The zero-order valence-corrected chi connectivity index (χ0v) is 7.36. The van der Waals surface area contributed by atoms with Crippen LogP contribution < -0.4 is 11.4 Å². The molecule has 1 aromatic heterocycles. The van der Waals surface area contributed by atoms with Crippen molar-refractivity contribution in [2.45, 2.75) is 19.9 Å². The second kappa shape index (κ2) is 4.58. The van der Waals surface area contributed by atoms with Crippen molar-refractivity contribution in [2.24, 2.45) is 5.84 Å². The molecule has 0 saturated heterocycles. The maximum absolute atomic E-state index is 10.9. The summed E-state index contributed by atoms with van der Waals surface area (Å²) in [5, 5.41) is 0. The molecular formula is C7H12N4O2. The van der Waals surface area contributed by atoms with E-state index >= 15 is 0 Å². The minimum absolute atomic E-state index is 0.265. The van der Waals surface area contributed by atoms with Gasteiger partial charge in [0.05, 0.1) is 6.42 Å².